The molecule has 1 N–H and O–H groups in total. The van der Waals surface area contributed by atoms with Gasteiger partial charge in [-0.15, -0.1) is 18.8 Å². The van der Waals surface area contributed by atoms with Crippen molar-refractivity contribution >= 4 is 12.4 Å². The van der Waals surface area contributed by atoms with Gasteiger partial charge in [0, 0.05) is 6.54 Å². The fourth-order valence-electron chi connectivity index (χ4n) is 1.44. The summed E-state index contributed by atoms with van der Waals surface area (Å²) in [5, 5.41) is 3.27. The summed E-state index contributed by atoms with van der Waals surface area (Å²) in [7, 11) is 0. The third kappa shape index (κ3) is 5.31. The highest BCUT2D eigenvalue weighted by Crippen LogP contribution is 2.28. The first-order chi connectivity index (χ1) is 8.31. The molecule has 4 heteroatoms. The Balaban J connectivity index is 0.00000289. The van der Waals surface area contributed by atoms with Crippen LogP contribution in [-0.2, 0) is 6.54 Å². The van der Waals surface area contributed by atoms with Gasteiger partial charge in [-0.3, -0.25) is 0 Å². The van der Waals surface area contributed by atoms with Gasteiger partial charge in [0.25, 0.3) is 0 Å². The third-order valence-electron chi connectivity index (χ3n) is 2.20. The van der Waals surface area contributed by atoms with Crippen molar-refractivity contribution < 1.29 is 9.47 Å². The van der Waals surface area contributed by atoms with Gasteiger partial charge < -0.3 is 14.8 Å². The molecular formula is C14H20ClNO2. The maximum absolute atomic E-state index is 5.53. The van der Waals surface area contributed by atoms with E-state index < -0.39 is 0 Å². The van der Waals surface area contributed by atoms with Crippen molar-refractivity contribution in [1.29, 1.82) is 0 Å². The van der Waals surface area contributed by atoms with Crippen LogP contribution in [0.1, 0.15) is 19.4 Å². The molecule has 3 nitrogen and oxygen atoms in total. The molecule has 0 saturated heterocycles. The van der Waals surface area contributed by atoms with Gasteiger partial charge in [0.2, 0.25) is 0 Å². The first-order valence-corrected chi connectivity index (χ1v) is 5.84. The highest BCUT2D eigenvalue weighted by molar-refractivity contribution is 5.85. The molecule has 0 radical (unpaired) electrons. The Labute approximate surface area is 115 Å². The molecule has 0 saturated carbocycles. The average Bonchev–Trinajstić information content (AvgIpc) is 2.35. The second kappa shape index (κ2) is 9.64. The van der Waals surface area contributed by atoms with Gasteiger partial charge in [-0.05, 0) is 31.2 Å². The van der Waals surface area contributed by atoms with Crippen LogP contribution in [0.2, 0.25) is 0 Å². The largest absolute Gasteiger partial charge is 0.490 e. The Kier molecular flexibility index (Phi) is 8.91. The molecule has 0 spiro atoms. The molecule has 0 amide bonds. The molecule has 100 valence electrons. The standard InChI is InChI=1S/C14H19NO2.ClH/c1-4-9-17-13-8-7-12(11-15-5-2)10-14(13)16-6-3;/h1,7-8,10,15H,5-6,9,11H2,2-3H3;1H. The van der Waals surface area contributed by atoms with Crippen LogP contribution in [0.25, 0.3) is 0 Å². The van der Waals surface area contributed by atoms with E-state index in [9.17, 15) is 0 Å². The number of hydrogen-bond acceptors (Lipinski definition) is 3. The van der Waals surface area contributed by atoms with E-state index in [4.69, 9.17) is 15.9 Å². The van der Waals surface area contributed by atoms with Crippen LogP contribution in [0.15, 0.2) is 18.2 Å². The minimum Gasteiger partial charge on any atom is -0.490 e. The Morgan fingerprint density at radius 3 is 2.61 bits per heavy atom. The second-order valence-corrected chi connectivity index (χ2v) is 3.49. The minimum absolute atomic E-state index is 0. The molecule has 1 aromatic carbocycles. The van der Waals surface area contributed by atoms with E-state index in [0.717, 1.165) is 18.8 Å². The van der Waals surface area contributed by atoms with Gasteiger partial charge in [-0.25, -0.2) is 0 Å². The molecule has 0 aliphatic rings. The average molecular weight is 270 g/mol. The Bertz CT molecular complexity index is 388. The van der Waals surface area contributed by atoms with Crippen LogP contribution in [-0.4, -0.2) is 19.8 Å². The monoisotopic (exact) mass is 269 g/mol. The highest BCUT2D eigenvalue weighted by Gasteiger charge is 2.05. The SMILES string of the molecule is C#CCOc1ccc(CNCC)cc1OCC.Cl. The van der Waals surface area contributed by atoms with Crippen molar-refractivity contribution in [3.05, 3.63) is 23.8 Å². The molecule has 0 atom stereocenters. The molecule has 1 rings (SSSR count). The van der Waals surface area contributed by atoms with Crippen molar-refractivity contribution in [3.8, 4) is 23.8 Å². The number of ether oxygens (including phenoxy) is 2. The fraction of sp³-hybridized carbons (Fsp3) is 0.429. The quantitative estimate of drug-likeness (QED) is 0.772. The molecule has 0 fully saturated rings. The van der Waals surface area contributed by atoms with E-state index in [-0.39, 0.29) is 19.0 Å². The first-order valence-electron chi connectivity index (χ1n) is 5.84. The zero-order valence-electron chi connectivity index (χ0n) is 10.9. The smallest absolute Gasteiger partial charge is 0.162 e. The van der Waals surface area contributed by atoms with Crippen molar-refractivity contribution in [1.82, 2.24) is 5.32 Å². The molecule has 0 heterocycles. The zero-order chi connectivity index (χ0) is 12.5. The molecule has 1 aromatic rings. The van der Waals surface area contributed by atoms with E-state index in [1.54, 1.807) is 0 Å². The molecule has 0 bridgehead atoms. The van der Waals surface area contributed by atoms with Crippen LogP contribution >= 0.6 is 12.4 Å². The lowest BCUT2D eigenvalue weighted by Gasteiger charge is -2.12. The summed E-state index contributed by atoms with van der Waals surface area (Å²) in [6.07, 6.45) is 5.17. The number of hydrogen-bond donors (Lipinski definition) is 1. The van der Waals surface area contributed by atoms with Crippen molar-refractivity contribution in [2.24, 2.45) is 0 Å². The normalized spacial score (nSPS) is 9.17. The predicted octanol–water partition coefficient (Wildman–Crippen LogP) is 2.63. The Morgan fingerprint density at radius 1 is 1.22 bits per heavy atom. The maximum atomic E-state index is 5.53. The van der Waals surface area contributed by atoms with Gasteiger partial charge in [0.05, 0.1) is 6.61 Å². The minimum atomic E-state index is 0. The van der Waals surface area contributed by atoms with Crippen LogP contribution in [0.3, 0.4) is 0 Å². The summed E-state index contributed by atoms with van der Waals surface area (Å²) in [5.41, 5.74) is 1.17. The predicted molar refractivity (Wildman–Crippen MR) is 76.6 cm³/mol. The maximum Gasteiger partial charge on any atom is 0.162 e. The van der Waals surface area contributed by atoms with Crippen LogP contribution < -0.4 is 14.8 Å². The summed E-state index contributed by atoms with van der Waals surface area (Å²) >= 11 is 0. The Morgan fingerprint density at radius 2 is 2.00 bits per heavy atom. The first kappa shape index (κ1) is 16.6. The lowest BCUT2D eigenvalue weighted by Crippen LogP contribution is -2.12. The van der Waals surface area contributed by atoms with Gasteiger partial charge in [0.15, 0.2) is 11.5 Å². The van der Waals surface area contributed by atoms with Gasteiger partial charge in [-0.1, -0.05) is 18.9 Å². The summed E-state index contributed by atoms with van der Waals surface area (Å²) in [5.74, 6) is 3.89. The number of nitrogens with one attached hydrogen (secondary N) is 1. The fourth-order valence-corrected chi connectivity index (χ4v) is 1.44. The van der Waals surface area contributed by atoms with E-state index in [2.05, 4.69) is 18.2 Å². The third-order valence-corrected chi connectivity index (χ3v) is 2.20. The highest BCUT2D eigenvalue weighted by atomic mass is 35.5. The van der Waals surface area contributed by atoms with Crippen LogP contribution in [0.5, 0.6) is 11.5 Å². The number of halogens is 1. The Hall–Kier alpha value is -1.37. The van der Waals surface area contributed by atoms with Crippen molar-refractivity contribution in [2.45, 2.75) is 20.4 Å². The van der Waals surface area contributed by atoms with Gasteiger partial charge in [0.1, 0.15) is 6.61 Å². The van der Waals surface area contributed by atoms with E-state index in [1.165, 1.54) is 5.56 Å². The van der Waals surface area contributed by atoms with Gasteiger partial charge in [-0.2, -0.15) is 0 Å². The summed E-state index contributed by atoms with van der Waals surface area (Å²) in [6.45, 7) is 6.66. The zero-order valence-corrected chi connectivity index (χ0v) is 11.7. The molecule has 18 heavy (non-hydrogen) atoms. The van der Waals surface area contributed by atoms with E-state index in [1.807, 2.05) is 25.1 Å². The molecular weight excluding hydrogens is 250 g/mol. The summed E-state index contributed by atoms with van der Waals surface area (Å²) in [4.78, 5) is 0. The number of terminal acetylenes is 1. The molecule has 0 aliphatic carbocycles. The lowest BCUT2D eigenvalue weighted by atomic mass is 10.2. The van der Waals surface area contributed by atoms with Crippen LogP contribution in [0, 0.1) is 12.3 Å². The summed E-state index contributed by atoms with van der Waals surface area (Å²) < 4.78 is 11.0. The lowest BCUT2D eigenvalue weighted by molar-refractivity contribution is 0.299. The number of benzene rings is 1. The second-order valence-electron chi connectivity index (χ2n) is 3.49. The molecule has 0 aromatic heterocycles. The van der Waals surface area contributed by atoms with Crippen LogP contribution in [0.4, 0.5) is 0 Å². The van der Waals surface area contributed by atoms with Gasteiger partial charge >= 0.3 is 0 Å². The topological polar surface area (TPSA) is 30.5 Å². The summed E-state index contributed by atoms with van der Waals surface area (Å²) in [6, 6.07) is 5.89. The van der Waals surface area contributed by atoms with Crippen molar-refractivity contribution in [2.75, 3.05) is 19.8 Å². The van der Waals surface area contributed by atoms with E-state index in [0.29, 0.717) is 12.4 Å². The van der Waals surface area contributed by atoms with E-state index >= 15 is 0 Å². The molecule has 0 aliphatic heterocycles. The molecule has 0 unspecified atom stereocenters. The van der Waals surface area contributed by atoms with Crippen molar-refractivity contribution in [3.63, 3.8) is 0 Å². The number of rotatable bonds is 7.